The van der Waals surface area contributed by atoms with E-state index in [2.05, 4.69) is 303 Å². The number of hydrogen-bond donors (Lipinski definition) is 0. The summed E-state index contributed by atoms with van der Waals surface area (Å²) >= 11 is 1.89. The van der Waals surface area contributed by atoms with E-state index in [0.29, 0.717) is 0 Å². The maximum atomic E-state index is 6.40. The van der Waals surface area contributed by atoms with Gasteiger partial charge >= 0.3 is 0 Å². The molecule has 0 aliphatic heterocycles. The van der Waals surface area contributed by atoms with Gasteiger partial charge in [-0.2, -0.15) is 0 Å². The topological polar surface area (TPSA) is 13.1 Å². The van der Waals surface area contributed by atoms with Gasteiger partial charge in [0.1, 0.15) is 11.2 Å². The zero-order valence-corrected chi connectivity index (χ0v) is 46.7. The van der Waals surface area contributed by atoms with Crippen LogP contribution in [0.1, 0.15) is 0 Å². The summed E-state index contributed by atoms with van der Waals surface area (Å²) in [7, 11) is 0. The van der Waals surface area contributed by atoms with Gasteiger partial charge in [-0.1, -0.05) is 285 Å². The molecule has 2 aromatic heterocycles. The zero-order valence-electron chi connectivity index (χ0n) is 45.8. The second-order valence-corrected chi connectivity index (χ2v) is 22.8. The van der Waals surface area contributed by atoms with Crippen molar-refractivity contribution in [2.45, 2.75) is 0 Å². The van der Waals surface area contributed by atoms with Gasteiger partial charge in [0.2, 0.25) is 0 Å². The van der Waals surface area contributed by atoms with Crippen molar-refractivity contribution < 1.29 is 4.42 Å². The van der Waals surface area contributed by atoms with Crippen LogP contribution in [0.4, 0.5) is 0 Å². The third-order valence-electron chi connectivity index (χ3n) is 16.9. The van der Waals surface area contributed by atoms with Gasteiger partial charge in [-0.05, 0) is 146 Å². The molecule has 0 fully saturated rings. The largest absolute Gasteiger partial charge is 0.455 e. The first-order valence-electron chi connectivity index (χ1n) is 28.8. The number of rotatable bonds is 7. The van der Waals surface area contributed by atoms with Crippen LogP contribution in [0.3, 0.4) is 0 Å². The Bertz CT molecular complexity index is 5300. The van der Waals surface area contributed by atoms with Gasteiger partial charge in [0, 0.05) is 36.5 Å². The van der Waals surface area contributed by atoms with Gasteiger partial charge in [0.05, 0.1) is 0 Å². The second kappa shape index (κ2) is 20.7. The van der Waals surface area contributed by atoms with Crippen molar-refractivity contribution >= 4 is 96.5 Å². The molecule has 392 valence electrons. The average Bonchev–Trinajstić information content (AvgIpc) is 3.39. The van der Waals surface area contributed by atoms with Crippen LogP contribution in [0.2, 0.25) is 0 Å². The Morgan fingerprint density at radius 2 is 0.571 bits per heavy atom. The molecule has 15 aromatic carbocycles. The van der Waals surface area contributed by atoms with Gasteiger partial charge in [-0.25, -0.2) is 0 Å². The second-order valence-electron chi connectivity index (χ2n) is 21.7. The van der Waals surface area contributed by atoms with E-state index in [9.17, 15) is 0 Å². The fourth-order valence-corrected chi connectivity index (χ4v) is 14.4. The molecule has 2 heterocycles. The molecule has 2 heteroatoms. The summed E-state index contributed by atoms with van der Waals surface area (Å²) < 4.78 is 9.09. The van der Waals surface area contributed by atoms with E-state index in [0.717, 1.165) is 33.1 Å². The van der Waals surface area contributed by atoms with Crippen molar-refractivity contribution in [3.05, 3.63) is 315 Å². The van der Waals surface area contributed by atoms with Crippen LogP contribution in [0, 0.1) is 0 Å². The molecular formula is C82H52OS. The molecule has 0 aliphatic carbocycles. The summed E-state index contributed by atoms with van der Waals surface area (Å²) in [6.07, 6.45) is 0. The standard InChI is InChI=1S/C44H28O.C38H24S/c1-3-13-29(14-4-1)42-36-20-7-8-21-37(36)43(30-15-5-2-6-16-30)40-28-32(25-26-38(40)42)31-17-11-18-33(27-31)34-22-12-23-39-35-19-9-10-24-41(35)45-44(34)39;1-2-12-25(13-3-1)36-30-17-4-6-19-32(30)37(33-20-7-5-18-31(33)36)27-15-10-14-26(24-27)28-21-11-22-34-29-16-8-9-23-35(29)39-38(28)34/h1-28H;1-24H. The minimum Gasteiger partial charge on any atom is -0.455 e. The van der Waals surface area contributed by atoms with Crippen LogP contribution < -0.4 is 0 Å². The van der Waals surface area contributed by atoms with Crippen LogP contribution in [0.15, 0.2) is 320 Å². The van der Waals surface area contributed by atoms with E-state index in [1.54, 1.807) is 0 Å². The van der Waals surface area contributed by atoms with Crippen LogP contribution in [0.5, 0.6) is 0 Å². The summed E-state index contributed by atoms with van der Waals surface area (Å²) in [6.45, 7) is 0. The first-order chi connectivity index (χ1) is 41.7. The quantitative estimate of drug-likeness (QED) is 0.145. The molecule has 17 aromatic rings. The molecule has 0 radical (unpaired) electrons. The lowest BCUT2D eigenvalue weighted by Crippen LogP contribution is -1.91. The lowest BCUT2D eigenvalue weighted by molar-refractivity contribution is 0.670. The average molecular weight is 1090 g/mol. The van der Waals surface area contributed by atoms with Crippen LogP contribution >= 0.6 is 11.3 Å². The smallest absolute Gasteiger partial charge is 0.143 e. The highest BCUT2D eigenvalue weighted by atomic mass is 32.1. The minimum atomic E-state index is 0.917. The highest BCUT2D eigenvalue weighted by Crippen LogP contribution is 2.48. The predicted octanol–water partition coefficient (Wildman–Crippen LogP) is 23.9. The molecule has 0 unspecified atom stereocenters. The first-order valence-corrected chi connectivity index (χ1v) is 29.6. The number of hydrogen-bond acceptors (Lipinski definition) is 2. The van der Waals surface area contributed by atoms with Crippen molar-refractivity contribution in [3.8, 4) is 77.9 Å². The molecule has 0 spiro atoms. The fourth-order valence-electron chi connectivity index (χ4n) is 13.2. The third-order valence-corrected chi connectivity index (χ3v) is 18.1. The summed E-state index contributed by atoms with van der Waals surface area (Å²) in [5.41, 5.74) is 19.1. The van der Waals surface area contributed by atoms with Crippen molar-refractivity contribution in [1.82, 2.24) is 0 Å². The van der Waals surface area contributed by atoms with E-state index < -0.39 is 0 Å². The molecule has 0 N–H and O–H groups in total. The van der Waals surface area contributed by atoms with E-state index in [4.69, 9.17) is 4.42 Å². The Kier molecular flexibility index (Phi) is 12.1. The van der Waals surface area contributed by atoms with Gasteiger partial charge in [-0.3, -0.25) is 0 Å². The lowest BCUT2D eigenvalue weighted by Gasteiger charge is -2.19. The van der Waals surface area contributed by atoms with Crippen molar-refractivity contribution in [2.75, 3.05) is 0 Å². The Balaban J connectivity index is 0.000000139. The Labute approximate surface area is 491 Å². The Morgan fingerprint density at radius 1 is 0.202 bits per heavy atom. The van der Waals surface area contributed by atoms with Crippen molar-refractivity contribution in [1.29, 1.82) is 0 Å². The number of para-hydroxylation sites is 2. The Hall–Kier alpha value is -10.6. The molecule has 0 aliphatic rings. The number of benzene rings is 15. The highest BCUT2D eigenvalue weighted by molar-refractivity contribution is 7.26. The normalized spacial score (nSPS) is 11.6. The first kappa shape index (κ1) is 49.2. The van der Waals surface area contributed by atoms with Gasteiger partial charge in [0.25, 0.3) is 0 Å². The predicted molar refractivity (Wildman–Crippen MR) is 361 cm³/mol. The fraction of sp³-hybridized carbons (Fsp3) is 0. The van der Waals surface area contributed by atoms with E-state index in [1.807, 2.05) is 23.5 Å². The number of fused-ring (bicyclic) bond motifs is 10. The molecule has 0 atom stereocenters. The highest BCUT2D eigenvalue weighted by Gasteiger charge is 2.21. The van der Waals surface area contributed by atoms with Crippen LogP contribution in [-0.4, -0.2) is 0 Å². The SMILES string of the molecule is c1ccc(-c2c3ccccc3c(-c3cccc(-c4cccc5c4sc4ccccc45)c3)c3ccccc23)cc1.c1ccc(-c2c3ccccc3c(-c3ccccc3)c3cc(-c4cccc(-c5cccc6c5oc5ccccc56)c4)ccc23)cc1. The Morgan fingerprint density at radius 3 is 1.15 bits per heavy atom. The van der Waals surface area contributed by atoms with E-state index >= 15 is 0 Å². The summed E-state index contributed by atoms with van der Waals surface area (Å²) in [6, 6.07) is 114. The summed E-state index contributed by atoms with van der Waals surface area (Å²) in [5.74, 6) is 0. The van der Waals surface area contributed by atoms with Crippen molar-refractivity contribution in [3.63, 3.8) is 0 Å². The monoisotopic (exact) mass is 1080 g/mol. The lowest BCUT2D eigenvalue weighted by atomic mass is 9.85. The van der Waals surface area contributed by atoms with Gasteiger partial charge < -0.3 is 4.42 Å². The molecule has 0 saturated heterocycles. The molecule has 0 amide bonds. The molecule has 84 heavy (non-hydrogen) atoms. The molecular weight excluding hydrogens is 1030 g/mol. The van der Waals surface area contributed by atoms with E-state index in [1.165, 1.54) is 130 Å². The van der Waals surface area contributed by atoms with Gasteiger partial charge in [0.15, 0.2) is 0 Å². The molecule has 0 saturated carbocycles. The van der Waals surface area contributed by atoms with Crippen molar-refractivity contribution in [2.24, 2.45) is 0 Å². The summed E-state index contributed by atoms with van der Waals surface area (Å²) in [5, 5.41) is 15.1. The maximum absolute atomic E-state index is 6.40. The number of furan rings is 1. The molecule has 17 rings (SSSR count). The molecule has 1 nitrogen and oxygen atoms in total. The minimum absolute atomic E-state index is 0.917. The van der Waals surface area contributed by atoms with E-state index in [-0.39, 0.29) is 0 Å². The van der Waals surface area contributed by atoms with Gasteiger partial charge in [-0.15, -0.1) is 11.3 Å². The summed E-state index contributed by atoms with van der Waals surface area (Å²) in [4.78, 5) is 0. The molecule has 0 bridgehead atoms. The maximum Gasteiger partial charge on any atom is 0.143 e. The zero-order chi connectivity index (χ0) is 55.5. The third kappa shape index (κ3) is 8.38. The van der Waals surface area contributed by atoms with Crippen LogP contribution in [0.25, 0.3) is 163 Å². The van der Waals surface area contributed by atoms with Crippen LogP contribution in [-0.2, 0) is 0 Å². The number of thiophene rings is 1.